The van der Waals surface area contributed by atoms with Crippen molar-refractivity contribution < 1.29 is 9.53 Å². The van der Waals surface area contributed by atoms with Crippen LogP contribution in [0.15, 0.2) is 41.6 Å². The van der Waals surface area contributed by atoms with Crippen molar-refractivity contribution in [3.8, 4) is 5.75 Å². The number of carbonyl (C=O) groups is 1. The second kappa shape index (κ2) is 7.81. The molecule has 2 heterocycles. The minimum Gasteiger partial charge on any atom is -0.492 e. The van der Waals surface area contributed by atoms with Crippen molar-refractivity contribution in [3.05, 3.63) is 52.7 Å². The largest absolute Gasteiger partial charge is 0.492 e. The molecule has 3 rings (SSSR count). The van der Waals surface area contributed by atoms with Gasteiger partial charge in [0.1, 0.15) is 17.7 Å². The molecule has 8 nitrogen and oxygen atoms in total. The summed E-state index contributed by atoms with van der Waals surface area (Å²) in [4.78, 5) is 28.5. The van der Waals surface area contributed by atoms with Gasteiger partial charge in [0, 0.05) is 20.0 Å². The zero-order valence-electron chi connectivity index (χ0n) is 14.8. The van der Waals surface area contributed by atoms with Crippen molar-refractivity contribution in [3.63, 3.8) is 0 Å². The molecule has 0 bridgehead atoms. The summed E-state index contributed by atoms with van der Waals surface area (Å²) in [5.74, 6) is 0.628. The van der Waals surface area contributed by atoms with Gasteiger partial charge in [-0.1, -0.05) is 17.7 Å². The van der Waals surface area contributed by atoms with Crippen LogP contribution < -0.4 is 15.6 Å². The number of nitrogens with zero attached hydrogens (tertiary/aromatic N) is 4. The molecule has 0 spiro atoms. The molecule has 2 aromatic heterocycles. The number of ether oxygens (including phenoxy) is 1. The predicted molar refractivity (Wildman–Crippen MR) is 97.1 cm³/mol. The van der Waals surface area contributed by atoms with E-state index in [1.807, 2.05) is 31.2 Å². The Balaban J connectivity index is 1.45. The maximum Gasteiger partial charge on any atom is 0.264 e. The highest BCUT2D eigenvalue weighted by atomic mass is 16.5. The fraction of sp³-hybridized carbons (Fsp3) is 0.333. The molecule has 3 aromatic rings. The smallest absolute Gasteiger partial charge is 0.264 e. The summed E-state index contributed by atoms with van der Waals surface area (Å²) in [6, 6.07) is 7.73. The number of carbonyl (C=O) groups excluding carboxylic acids is 1. The van der Waals surface area contributed by atoms with Gasteiger partial charge in [-0.2, -0.15) is 5.10 Å². The summed E-state index contributed by atoms with van der Waals surface area (Å²) in [6.07, 6.45) is 3.13. The summed E-state index contributed by atoms with van der Waals surface area (Å²) in [5, 5.41) is 7.25. The number of benzene rings is 1. The number of rotatable bonds is 7. The topological polar surface area (TPSA) is 91.0 Å². The van der Waals surface area contributed by atoms with E-state index in [0.717, 1.165) is 5.75 Å². The molecule has 136 valence electrons. The Morgan fingerprint density at radius 2 is 2.04 bits per heavy atom. The number of amides is 1. The van der Waals surface area contributed by atoms with Gasteiger partial charge in [0.15, 0.2) is 5.65 Å². The standard InChI is InChI=1S/C18H21N5O3/c1-13-3-5-14(6-4-13)26-10-8-19-16(24)7-9-23-12-20-17-15(18(23)25)11-21-22(17)2/h3-6,11-12H,7-10H2,1-2H3,(H,19,24). The number of aromatic nitrogens is 4. The van der Waals surface area contributed by atoms with Crippen LogP contribution in [0, 0.1) is 6.92 Å². The number of nitrogens with one attached hydrogen (secondary N) is 1. The summed E-state index contributed by atoms with van der Waals surface area (Å²) in [5.41, 5.74) is 1.50. The normalized spacial score (nSPS) is 10.8. The first kappa shape index (κ1) is 17.7. The third-order valence-corrected chi connectivity index (χ3v) is 4.01. The second-order valence-electron chi connectivity index (χ2n) is 6.01. The summed E-state index contributed by atoms with van der Waals surface area (Å²) in [7, 11) is 1.73. The fourth-order valence-corrected chi connectivity index (χ4v) is 2.53. The van der Waals surface area contributed by atoms with E-state index < -0.39 is 0 Å². The average Bonchev–Trinajstić information content (AvgIpc) is 3.01. The lowest BCUT2D eigenvalue weighted by Crippen LogP contribution is -2.30. The molecule has 0 aliphatic rings. The lowest BCUT2D eigenvalue weighted by molar-refractivity contribution is -0.121. The molecule has 0 saturated heterocycles. The van der Waals surface area contributed by atoms with Crippen LogP contribution in [0.3, 0.4) is 0 Å². The van der Waals surface area contributed by atoms with Gasteiger partial charge in [0.25, 0.3) is 5.56 Å². The molecule has 1 N–H and O–H groups in total. The minimum absolute atomic E-state index is 0.143. The van der Waals surface area contributed by atoms with E-state index in [9.17, 15) is 9.59 Å². The van der Waals surface area contributed by atoms with Crippen molar-refractivity contribution in [2.75, 3.05) is 13.2 Å². The Morgan fingerprint density at radius 3 is 2.81 bits per heavy atom. The van der Waals surface area contributed by atoms with E-state index in [1.165, 1.54) is 22.7 Å². The summed E-state index contributed by atoms with van der Waals surface area (Å²) >= 11 is 0. The Labute approximate surface area is 150 Å². The van der Waals surface area contributed by atoms with Crippen LogP contribution in [0.25, 0.3) is 11.0 Å². The molecule has 0 aliphatic heterocycles. The van der Waals surface area contributed by atoms with E-state index in [4.69, 9.17) is 4.74 Å². The first-order valence-electron chi connectivity index (χ1n) is 8.38. The zero-order chi connectivity index (χ0) is 18.5. The van der Waals surface area contributed by atoms with Gasteiger partial charge in [-0.05, 0) is 19.1 Å². The zero-order valence-corrected chi connectivity index (χ0v) is 14.8. The van der Waals surface area contributed by atoms with Crippen LogP contribution in [0.2, 0.25) is 0 Å². The third kappa shape index (κ3) is 4.08. The Bertz CT molecular complexity index is 959. The SMILES string of the molecule is Cc1ccc(OCCNC(=O)CCn2cnc3c(cnn3C)c2=O)cc1. The van der Waals surface area contributed by atoms with Crippen LogP contribution >= 0.6 is 0 Å². The van der Waals surface area contributed by atoms with E-state index >= 15 is 0 Å². The molecule has 0 saturated carbocycles. The van der Waals surface area contributed by atoms with Crippen molar-refractivity contribution in [1.29, 1.82) is 0 Å². The highest BCUT2D eigenvalue weighted by Gasteiger charge is 2.09. The highest BCUT2D eigenvalue weighted by molar-refractivity contribution is 5.76. The van der Waals surface area contributed by atoms with Crippen molar-refractivity contribution in [2.45, 2.75) is 19.9 Å². The molecule has 1 aromatic carbocycles. The van der Waals surface area contributed by atoms with Gasteiger partial charge < -0.3 is 10.1 Å². The third-order valence-electron chi connectivity index (χ3n) is 4.01. The number of fused-ring (bicyclic) bond motifs is 1. The second-order valence-corrected chi connectivity index (χ2v) is 6.01. The Morgan fingerprint density at radius 1 is 1.27 bits per heavy atom. The van der Waals surface area contributed by atoms with Crippen molar-refractivity contribution >= 4 is 16.9 Å². The van der Waals surface area contributed by atoms with Crippen LogP contribution in [0.5, 0.6) is 5.75 Å². The molecule has 0 aliphatic carbocycles. The van der Waals surface area contributed by atoms with Gasteiger partial charge in [-0.25, -0.2) is 4.98 Å². The lowest BCUT2D eigenvalue weighted by atomic mass is 10.2. The van der Waals surface area contributed by atoms with Gasteiger partial charge >= 0.3 is 0 Å². The number of hydrogen-bond acceptors (Lipinski definition) is 5. The summed E-state index contributed by atoms with van der Waals surface area (Å²) in [6.45, 7) is 3.07. The molecule has 8 heteroatoms. The Kier molecular flexibility index (Phi) is 5.31. The van der Waals surface area contributed by atoms with Gasteiger partial charge in [-0.3, -0.25) is 18.8 Å². The number of hydrogen-bond donors (Lipinski definition) is 1. The fourth-order valence-electron chi connectivity index (χ4n) is 2.53. The van der Waals surface area contributed by atoms with Gasteiger partial charge in [-0.15, -0.1) is 0 Å². The minimum atomic E-state index is -0.196. The maximum absolute atomic E-state index is 12.3. The predicted octanol–water partition coefficient (Wildman–Crippen LogP) is 1.02. The molecule has 0 unspecified atom stereocenters. The first-order valence-corrected chi connectivity index (χ1v) is 8.38. The maximum atomic E-state index is 12.3. The molecule has 0 fully saturated rings. The molecular formula is C18H21N5O3. The van der Waals surface area contributed by atoms with Crippen molar-refractivity contribution in [2.24, 2.45) is 7.05 Å². The molecule has 26 heavy (non-hydrogen) atoms. The monoisotopic (exact) mass is 355 g/mol. The first-order chi connectivity index (χ1) is 12.5. The van der Waals surface area contributed by atoms with Crippen LogP contribution in [0.1, 0.15) is 12.0 Å². The van der Waals surface area contributed by atoms with Gasteiger partial charge in [0.2, 0.25) is 5.91 Å². The highest BCUT2D eigenvalue weighted by Crippen LogP contribution is 2.10. The summed E-state index contributed by atoms with van der Waals surface area (Å²) < 4.78 is 8.52. The lowest BCUT2D eigenvalue weighted by Gasteiger charge is -2.09. The quantitative estimate of drug-likeness (QED) is 0.639. The molecule has 0 atom stereocenters. The van der Waals surface area contributed by atoms with Crippen LogP contribution in [-0.2, 0) is 18.4 Å². The van der Waals surface area contributed by atoms with Crippen molar-refractivity contribution in [1.82, 2.24) is 24.6 Å². The van der Waals surface area contributed by atoms with E-state index in [2.05, 4.69) is 15.4 Å². The molecule has 1 amide bonds. The molecule has 0 radical (unpaired) electrons. The van der Waals surface area contributed by atoms with Gasteiger partial charge in [0.05, 0.1) is 19.1 Å². The Hall–Kier alpha value is -3.16. The van der Waals surface area contributed by atoms with Crippen LogP contribution in [-0.4, -0.2) is 38.4 Å². The van der Waals surface area contributed by atoms with Crippen LogP contribution in [0.4, 0.5) is 0 Å². The molecular weight excluding hydrogens is 334 g/mol. The van der Waals surface area contributed by atoms with E-state index in [1.54, 1.807) is 11.7 Å². The van der Waals surface area contributed by atoms with E-state index in [-0.39, 0.29) is 24.4 Å². The average molecular weight is 355 g/mol. The number of aryl methyl sites for hydroxylation is 3. The van der Waals surface area contributed by atoms with E-state index in [0.29, 0.717) is 24.2 Å².